The predicted octanol–water partition coefficient (Wildman–Crippen LogP) is 5.08. The molecule has 0 saturated heterocycles. The lowest BCUT2D eigenvalue weighted by Gasteiger charge is -2.38. The molecular formula is C19H20ClNO. The summed E-state index contributed by atoms with van der Waals surface area (Å²) < 4.78 is 0. The van der Waals surface area contributed by atoms with Gasteiger partial charge in [0.1, 0.15) is 0 Å². The molecule has 0 spiro atoms. The molecule has 1 saturated carbocycles. The summed E-state index contributed by atoms with van der Waals surface area (Å²) in [6, 6.07) is 8.07. The fourth-order valence-electron chi connectivity index (χ4n) is 4.31. The first kappa shape index (κ1) is 14.2. The van der Waals surface area contributed by atoms with Crippen LogP contribution in [0, 0.1) is 5.92 Å². The number of nitrogens with zero attached hydrogens (tertiary/aromatic N) is 1. The Hall–Kier alpha value is -1.41. The number of fused-ring (bicyclic) bond motifs is 1. The van der Waals surface area contributed by atoms with Crippen molar-refractivity contribution in [2.24, 2.45) is 10.9 Å². The van der Waals surface area contributed by atoms with Crippen molar-refractivity contribution >= 4 is 23.1 Å². The van der Waals surface area contributed by atoms with E-state index >= 15 is 0 Å². The normalized spacial score (nSPS) is 28.0. The van der Waals surface area contributed by atoms with Gasteiger partial charge >= 0.3 is 0 Å². The van der Waals surface area contributed by atoms with E-state index in [4.69, 9.17) is 16.6 Å². The molecule has 3 aliphatic rings. The highest BCUT2D eigenvalue weighted by molar-refractivity contribution is 6.30. The molecule has 0 radical (unpaired) electrons. The summed E-state index contributed by atoms with van der Waals surface area (Å²) in [5.74, 6) is 0.877. The van der Waals surface area contributed by atoms with Crippen molar-refractivity contribution in [2.45, 2.75) is 50.9 Å². The van der Waals surface area contributed by atoms with Crippen LogP contribution in [0.3, 0.4) is 0 Å². The Kier molecular flexibility index (Phi) is 3.65. The SMILES string of the molecule is O=C1CCCC2=C1C(c1cccc(Cl)c1)C1CCCCC1=N2. The third kappa shape index (κ3) is 2.34. The van der Waals surface area contributed by atoms with Crippen molar-refractivity contribution in [1.29, 1.82) is 0 Å². The molecule has 0 bridgehead atoms. The average molecular weight is 314 g/mol. The number of hydrogen-bond acceptors (Lipinski definition) is 2. The number of Topliss-reactive ketones (excluding diaryl/α,β-unsaturated/α-hetero) is 1. The van der Waals surface area contributed by atoms with Crippen LogP contribution in [0.5, 0.6) is 0 Å². The standard InChI is InChI=1S/C19H20ClNO/c20-13-6-3-5-12(11-13)18-14-7-1-2-8-15(14)21-16-9-4-10-17(22)19(16)18/h3,5-6,11,14,18H,1-2,4,7-10H2. The van der Waals surface area contributed by atoms with Gasteiger partial charge in [0, 0.05) is 40.3 Å². The van der Waals surface area contributed by atoms with Gasteiger partial charge in [-0.15, -0.1) is 0 Å². The van der Waals surface area contributed by atoms with E-state index in [1.807, 2.05) is 18.2 Å². The number of aliphatic imine (C=N–C) groups is 1. The van der Waals surface area contributed by atoms with Gasteiger partial charge in [0.25, 0.3) is 0 Å². The molecule has 1 aromatic rings. The lowest BCUT2D eigenvalue weighted by atomic mass is 9.67. The van der Waals surface area contributed by atoms with Gasteiger partial charge in [0.2, 0.25) is 0 Å². The first-order valence-corrected chi connectivity index (χ1v) is 8.71. The van der Waals surface area contributed by atoms with E-state index in [0.717, 1.165) is 42.0 Å². The molecule has 0 aromatic heterocycles. The number of rotatable bonds is 1. The van der Waals surface area contributed by atoms with Crippen molar-refractivity contribution in [2.75, 3.05) is 0 Å². The van der Waals surface area contributed by atoms with E-state index in [9.17, 15) is 4.79 Å². The number of ketones is 1. The van der Waals surface area contributed by atoms with Gasteiger partial charge < -0.3 is 0 Å². The third-order valence-corrected chi connectivity index (χ3v) is 5.49. The Labute approximate surface area is 136 Å². The summed E-state index contributed by atoms with van der Waals surface area (Å²) in [6.45, 7) is 0. The van der Waals surface area contributed by atoms with Gasteiger partial charge in [0.05, 0.1) is 0 Å². The van der Waals surface area contributed by atoms with Crippen LogP contribution < -0.4 is 0 Å². The van der Waals surface area contributed by atoms with Crippen LogP contribution in [0.4, 0.5) is 0 Å². The van der Waals surface area contributed by atoms with Crippen LogP contribution in [0.15, 0.2) is 40.5 Å². The summed E-state index contributed by atoms with van der Waals surface area (Å²) in [6.07, 6.45) is 7.27. The first-order chi connectivity index (χ1) is 10.7. The van der Waals surface area contributed by atoms with Gasteiger partial charge in [-0.2, -0.15) is 0 Å². The van der Waals surface area contributed by atoms with Crippen molar-refractivity contribution in [3.05, 3.63) is 46.1 Å². The lowest BCUT2D eigenvalue weighted by Crippen LogP contribution is -2.34. The van der Waals surface area contributed by atoms with E-state index < -0.39 is 0 Å². The lowest BCUT2D eigenvalue weighted by molar-refractivity contribution is -0.116. The summed E-state index contributed by atoms with van der Waals surface area (Å²) in [7, 11) is 0. The number of allylic oxidation sites excluding steroid dienone is 2. The minimum absolute atomic E-state index is 0.175. The van der Waals surface area contributed by atoms with Crippen LogP contribution in [-0.4, -0.2) is 11.5 Å². The third-order valence-electron chi connectivity index (χ3n) is 5.25. The molecule has 1 heterocycles. The fraction of sp³-hybridized carbons (Fsp3) is 0.474. The highest BCUT2D eigenvalue weighted by Gasteiger charge is 2.40. The van der Waals surface area contributed by atoms with Gasteiger partial charge in [-0.3, -0.25) is 9.79 Å². The molecule has 1 fully saturated rings. The number of halogens is 1. The van der Waals surface area contributed by atoms with Crippen molar-refractivity contribution < 1.29 is 4.79 Å². The number of carbonyl (C=O) groups excluding carboxylic acids is 1. The number of benzene rings is 1. The second-order valence-electron chi connectivity index (χ2n) is 6.63. The molecule has 1 aromatic carbocycles. The second-order valence-corrected chi connectivity index (χ2v) is 7.06. The summed E-state index contributed by atoms with van der Waals surface area (Å²) >= 11 is 6.22. The Morgan fingerprint density at radius 2 is 2.00 bits per heavy atom. The van der Waals surface area contributed by atoms with Gasteiger partial charge in [-0.1, -0.05) is 30.2 Å². The number of hydrogen-bond donors (Lipinski definition) is 0. The summed E-state index contributed by atoms with van der Waals surface area (Å²) in [5.41, 5.74) is 4.57. The molecule has 1 aliphatic heterocycles. The minimum Gasteiger partial charge on any atom is -0.294 e. The quantitative estimate of drug-likeness (QED) is 0.711. The highest BCUT2D eigenvalue weighted by atomic mass is 35.5. The Morgan fingerprint density at radius 3 is 2.86 bits per heavy atom. The molecular weight excluding hydrogens is 294 g/mol. The zero-order valence-electron chi connectivity index (χ0n) is 12.6. The molecule has 4 rings (SSSR count). The molecule has 114 valence electrons. The van der Waals surface area contributed by atoms with E-state index in [-0.39, 0.29) is 5.92 Å². The largest absolute Gasteiger partial charge is 0.294 e. The van der Waals surface area contributed by atoms with Crippen molar-refractivity contribution in [3.63, 3.8) is 0 Å². The average Bonchev–Trinajstić information content (AvgIpc) is 2.53. The topological polar surface area (TPSA) is 29.4 Å². The van der Waals surface area contributed by atoms with Gasteiger partial charge in [0.15, 0.2) is 5.78 Å². The van der Waals surface area contributed by atoms with E-state index in [2.05, 4.69) is 6.07 Å². The number of carbonyl (C=O) groups is 1. The first-order valence-electron chi connectivity index (χ1n) is 8.33. The van der Waals surface area contributed by atoms with E-state index in [0.29, 0.717) is 18.1 Å². The smallest absolute Gasteiger partial charge is 0.161 e. The zero-order valence-corrected chi connectivity index (χ0v) is 13.4. The maximum Gasteiger partial charge on any atom is 0.161 e. The molecule has 2 aliphatic carbocycles. The Bertz CT molecular complexity index is 688. The van der Waals surface area contributed by atoms with Crippen LogP contribution >= 0.6 is 11.6 Å². The molecule has 0 amide bonds. The Morgan fingerprint density at radius 1 is 1.09 bits per heavy atom. The monoisotopic (exact) mass is 313 g/mol. The fourth-order valence-corrected chi connectivity index (χ4v) is 4.51. The second kappa shape index (κ2) is 5.66. The van der Waals surface area contributed by atoms with Crippen molar-refractivity contribution in [3.8, 4) is 0 Å². The van der Waals surface area contributed by atoms with Crippen molar-refractivity contribution in [1.82, 2.24) is 0 Å². The maximum atomic E-state index is 12.6. The van der Waals surface area contributed by atoms with Gasteiger partial charge in [-0.25, -0.2) is 0 Å². The molecule has 3 heteroatoms. The molecule has 2 nitrogen and oxygen atoms in total. The Balaban J connectivity index is 1.87. The van der Waals surface area contributed by atoms with Crippen LogP contribution in [0.2, 0.25) is 5.02 Å². The predicted molar refractivity (Wildman–Crippen MR) is 89.5 cm³/mol. The highest BCUT2D eigenvalue weighted by Crippen LogP contribution is 2.47. The van der Waals surface area contributed by atoms with E-state index in [1.54, 1.807) is 0 Å². The van der Waals surface area contributed by atoms with Crippen LogP contribution in [0.25, 0.3) is 0 Å². The molecule has 22 heavy (non-hydrogen) atoms. The molecule has 2 unspecified atom stereocenters. The van der Waals surface area contributed by atoms with Crippen LogP contribution in [0.1, 0.15) is 56.4 Å². The summed E-state index contributed by atoms with van der Waals surface area (Å²) in [4.78, 5) is 17.5. The zero-order chi connectivity index (χ0) is 15.1. The maximum absolute atomic E-state index is 12.6. The summed E-state index contributed by atoms with van der Waals surface area (Å²) in [5, 5.41) is 0.753. The van der Waals surface area contributed by atoms with E-state index in [1.165, 1.54) is 24.1 Å². The molecule has 0 N–H and O–H groups in total. The van der Waals surface area contributed by atoms with Gasteiger partial charge in [-0.05, 0) is 49.8 Å². The minimum atomic E-state index is 0.175. The van der Waals surface area contributed by atoms with Crippen LogP contribution in [-0.2, 0) is 4.79 Å². The molecule has 2 atom stereocenters.